The van der Waals surface area contributed by atoms with E-state index in [1.165, 1.54) is 29.2 Å². The first-order chi connectivity index (χ1) is 16.7. The highest BCUT2D eigenvalue weighted by atomic mass is 19.1. The number of hydrogen-bond acceptors (Lipinski definition) is 9. The third-order valence-electron chi connectivity index (χ3n) is 6.14. The second-order valence-electron chi connectivity index (χ2n) is 8.53. The van der Waals surface area contributed by atoms with Gasteiger partial charge in [-0.25, -0.2) is 14.0 Å². The number of hydrogen-bond donors (Lipinski definition) is 4. The zero-order valence-corrected chi connectivity index (χ0v) is 18.7. The summed E-state index contributed by atoms with van der Waals surface area (Å²) < 4.78 is 24.1. The lowest BCUT2D eigenvalue weighted by molar-refractivity contribution is -0.233. The normalized spacial score (nSPS) is 26.7. The van der Waals surface area contributed by atoms with Crippen LogP contribution in [0.15, 0.2) is 48.5 Å². The van der Waals surface area contributed by atoms with Crippen LogP contribution in [0, 0.1) is 5.82 Å². The number of aliphatic hydroxyl groups is 2. The van der Waals surface area contributed by atoms with Gasteiger partial charge >= 0.3 is 17.8 Å². The zero-order chi connectivity index (χ0) is 25.2. The maximum absolute atomic E-state index is 13.1. The van der Waals surface area contributed by atoms with Crippen LogP contribution in [-0.2, 0) is 25.5 Å². The first-order valence-electron chi connectivity index (χ1n) is 11.2. The molecule has 10 nitrogen and oxygen atoms in total. The van der Waals surface area contributed by atoms with Crippen molar-refractivity contribution in [3.63, 3.8) is 0 Å². The number of anilines is 1. The average molecular weight is 487 g/mol. The topological polar surface area (TPSA) is 151 Å². The number of primary amides is 1. The fourth-order valence-corrected chi connectivity index (χ4v) is 4.26. The molecule has 0 aliphatic carbocycles. The summed E-state index contributed by atoms with van der Waals surface area (Å²) >= 11 is 0. The molecular formula is C24H26FN3O7. The minimum Gasteiger partial charge on any atom is -0.401 e. The minimum absolute atomic E-state index is 0.00487. The van der Waals surface area contributed by atoms with Gasteiger partial charge in [0, 0.05) is 23.8 Å². The monoisotopic (exact) mass is 487 g/mol. The molecule has 0 saturated carbocycles. The molecule has 2 aromatic carbocycles. The molecule has 3 atom stereocenters. The number of aliphatic hydroxyl groups excluding tert-OH is 2. The Kier molecular flexibility index (Phi) is 7.01. The molecule has 186 valence electrons. The van der Waals surface area contributed by atoms with Crippen LogP contribution in [0.2, 0.25) is 0 Å². The van der Waals surface area contributed by atoms with Gasteiger partial charge in [0.05, 0.1) is 6.42 Å². The van der Waals surface area contributed by atoms with Crippen molar-refractivity contribution in [1.82, 2.24) is 5.32 Å². The van der Waals surface area contributed by atoms with Crippen molar-refractivity contribution in [2.24, 2.45) is 5.73 Å². The number of carbonyl (C=O) groups is 3. The van der Waals surface area contributed by atoms with Crippen LogP contribution in [-0.4, -0.2) is 65.3 Å². The van der Waals surface area contributed by atoms with E-state index in [-0.39, 0.29) is 30.4 Å². The van der Waals surface area contributed by atoms with Gasteiger partial charge in [0.15, 0.2) is 12.2 Å². The van der Waals surface area contributed by atoms with Crippen LogP contribution in [0.3, 0.4) is 0 Å². The maximum Gasteiger partial charge on any atom is 0.344 e. The van der Waals surface area contributed by atoms with Crippen molar-refractivity contribution < 1.29 is 38.5 Å². The van der Waals surface area contributed by atoms with E-state index in [0.29, 0.717) is 25.1 Å². The second kappa shape index (κ2) is 9.98. The second-order valence-corrected chi connectivity index (χ2v) is 8.53. The molecule has 2 heterocycles. The van der Waals surface area contributed by atoms with Crippen molar-refractivity contribution in [3.8, 4) is 0 Å². The minimum atomic E-state index is -2.09. The maximum atomic E-state index is 13.1. The van der Waals surface area contributed by atoms with E-state index in [4.69, 9.17) is 15.2 Å². The van der Waals surface area contributed by atoms with Crippen molar-refractivity contribution >= 4 is 23.5 Å². The zero-order valence-electron chi connectivity index (χ0n) is 18.7. The number of halogens is 1. The lowest BCUT2D eigenvalue weighted by Crippen LogP contribution is -2.62. The summed E-state index contributed by atoms with van der Waals surface area (Å²) in [5.74, 6) is -5.27. The Balaban J connectivity index is 1.56. The molecule has 5 N–H and O–H groups in total. The summed E-state index contributed by atoms with van der Waals surface area (Å²) in [6.45, 7) is 0.795. The Morgan fingerprint density at radius 1 is 1.06 bits per heavy atom. The molecule has 1 spiro atoms. The first-order valence-corrected chi connectivity index (χ1v) is 11.2. The molecular weight excluding hydrogens is 461 g/mol. The van der Waals surface area contributed by atoms with Crippen molar-refractivity contribution in [2.45, 2.75) is 43.4 Å². The van der Waals surface area contributed by atoms with Gasteiger partial charge in [-0.2, -0.15) is 0 Å². The number of benzene rings is 2. The fourth-order valence-electron chi connectivity index (χ4n) is 4.26. The molecule has 2 fully saturated rings. The number of nitrogens with zero attached hydrogens (tertiary/aromatic N) is 1. The Bertz CT molecular complexity index is 1070. The van der Waals surface area contributed by atoms with E-state index in [1.807, 2.05) is 0 Å². The Hall–Kier alpha value is -3.54. The predicted molar refractivity (Wildman–Crippen MR) is 120 cm³/mol. The molecule has 0 bridgehead atoms. The number of nitrogens with two attached hydrogens (primary N) is 1. The van der Waals surface area contributed by atoms with E-state index in [2.05, 4.69) is 5.32 Å². The van der Waals surface area contributed by atoms with Gasteiger partial charge in [-0.3, -0.25) is 4.79 Å². The number of nitrogens with one attached hydrogen (secondary N) is 1. The number of esters is 2. The SMILES string of the molecule is NC(=O)c1ccc(N2CCC(NCCc3ccc(F)cc3)CC23OC(=O)C(O)C(O)C(=O)O3)cc1. The van der Waals surface area contributed by atoms with Crippen molar-refractivity contribution in [1.29, 1.82) is 0 Å². The van der Waals surface area contributed by atoms with Crippen molar-refractivity contribution in [3.05, 3.63) is 65.5 Å². The molecule has 3 unspecified atom stereocenters. The summed E-state index contributed by atoms with van der Waals surface area (Å²) in [6, 6.07) is 12.0. The van der Waals surface area contributed by atoms with Gasteiger partial charge in [0.2, 0.25) is 5.91 Å². The van der Waals surface area contributed by atoms with Crippen LogP contribution in [0.4, 0.5) is 10.1 Å². The van der Waals surface area contributed by atoms with Crippen LogP contribution < -0.4 is 16.0 Å². The van der Waals surface area contributed by atoms with Gasteiger partial charge in [-0.1, -0.05) is 12.1 Å². The third-order valence-corrected chi connectivity index (χ3v) is 6.14. The smallest absolute Gasteiger partial charge is 0.344 e. The van der Waals surface area contributed by atoms with E-state index in [9.17, 15) is 29.0 Å². The largest absolute Gasteiger partial charge is 0.401 e. The first kappa shape index (κ1) is 24.6. The molecule has 2 aliphatic rings. The quantitative estimate of drug-likeness (QED) is 0.419. The summed E-state index contributed by atoms with van der Waals surface area (Å²) in [6.07, 6.45) is -2.99. The van der Waals surface area contributed by atoms with E-state index < -0.39 is 36.0 Å². The lowest BCUT2D eigenvalue weighted by Gasteiger charge is -2.47. The molecule has 2 aliphatic heterocycles. The van der Waals surface area contributed by atoms with Gasteiger partial charge in [-0.15, -0.1) is 0 Å². The van der Waals surface area contributed by atoms with Gasteiger partial charge < -0.3 is 35.6 Å². The summed E-state index contributed by atoms with van der Waals surface area (Å²) in [5, 5.41) is 23.3. The van der Waals surface area contributed by atoms with Crippen LogP contribution in [0.25, 0.3) is 0 Å². The molecule has 4 rings (SSSR count). The summed E-state index contributed by atoms with van der Waals surface area (Å²) in [5.41, 5.74) is 6.98. The third kappa shape index (κ3) is 5.26. The summed E-state index contributed by atoms with van der Waals surface area (Å²) in [7, 11) is 0. The highest BCUT2D eigenvalue weighted by Crippen LogP contribution is 2.37. The van der Waals surface area contributed by atoms with Gasteiger partial charge in [-0.05, 0) is 61.3 Å². The fraction of sp³-hybridized carbons (Fsp3) is 0.375. The molecule has 11 heteroatoms. The number of piperidine rings is 1. The number of rotatable bonds is 6. The Morgan fingerprint density at radius 2 is 1.66 bits per heavy atom. The molecule has 0 radical (unpaired) electrons. The molecule has 2 aromatic rings. The average Bonchev–Trinajstić information content (AvgIpc) is 2.91. The van der Waals surface area contributed by atoms with Crippen LogP contribution in [0.5, 0.6) is 0 Å². The molecule has 2 saturated heterocycles. The van der Waals surface area contributed by atoms with E-state index in [1.54, 1.807) is 24.3 Å². The molecule has 1 amide bonds. The number of ether oxygens (including phenoxy) is 2. The van der Waals surface area contributed by atoms with Gasteiger partial charge in [0.25, 0.3) is 0 Å². The van der Waals surface area contributed by atoms with Crippen LogP contribution >= 0.6 is 0 Å². The van der Waals surface area contributed by atoms with Gasteiger partial charge in [0.1, 0.15) is 5.82 Å². The number of carbonyl (C=O) groups excluding carboxylic acids is 3. The standard InChI is InChI=1S/C24H26FN3O7/c25-16-5-1-14(2-6-16)9-11-27-17-10-12-28(18-7-3-15(4-8-18)21(26)31)24(13-17)34-22(32)19(29)20(30)23(33)35-24/h1-8,17,19-20,27,29-30H,9-13H2,(H2,26,31). The molecule has 0 aromatic heterocycles. The highest BCUT2D eigenvalue weighted by Gasteiger charge is 2.55. The van der Waals surface area contributed by atoms with Crippen molar-refractivity contribution in [2.75, 3.05) is 18.0 Å². The Labute approximate surface area is 200 Å². The predicted octanol–water partition coefficient (Wildman–Crippen LogP) is 0.201. The van der Waals surface area contributed by atoms with E-state index in [0.717, 1.165) is 5.56 Å². The number of amides is 1. The lowest BCUT2D eigenvalue weighted by atomic mass is 9.99. The van der Waals surface area contributed by atoms with Crippen LogP contribution in [0.1, 0.15) is 28.8 Å². The molecule has 35 heavy (non-hydrogen) atoms. The summed E-state index contributed by atoms with van der Waals surface area (Å²) in [4.78, 5) is 38.0. The Morgan fingerprint density at radius 3 is 2.23 bits per heavy atom. The van der Waals surface area contributed by atoms with E-state index >= 15 is 0 Å². The highest BCUT2D eigenvalue weighted by molar-refractivity contribution is 5.93.